The van der Waals surface area contributed by atoms with Crippen LogP contribution in [-0.2, 0) is 0 Å². The van der Waals surface area contributed by atoms with Gasteiger partial charge in [-0.25, -0.2) is 18.4 Å². The van der Waals surface area contributed by atoms with Crippen LogP contribution in [0.5, 0.6) is 5.75 Å². The number of amides is 3. The Kier molecular flexibility index (Phi) is 8.08. The number of rotatable bonds is 8. The molecule has 2 aromatic carbocycles. The summed E-state index contributed by atoms with van der Waals surface area (Å²) in [6, 6.07) is 11.0. The van der Waals surface area contributed by atoms with Gasteiger partial charge in [-0.2, -0.15) is 5.26 Å². The van der Waals surface area contributed by atoms with Crippen molar-refractivity contribution in [2.75, 3.05) is 38.6 Å². The minimum Gasteiger partial charge on any atom is -0.491 e. The molecule has 1 aliphatic heterocycles. The lowest BCUT2D eigenvalue weighted by Crippen LogP contribution is -2.56. The van der Waals surface area contributed by atoms with Gasteiger partial charge in [0.05, 0.1) is 17.7 Å². The zero-order valence-electron chi connectivity index (χ0n) is 20.4. The Hall–Kier alpha value is -3.91. The van der Waals surface area contributed by atoms with Gasteiger partial charge in [0.15, 0.2) is 11.6 Å². The number of likely N-dealkylation sites (tertiary alicyclic amines) is 1. The van der Waals surface area contributed by atoms with Gasteiger partial charge in [0.1, 0.15) is 12.4 Å². The van der Waals surface area contributed by atoms with Crippen molar-refractivity contribution in [3.8, 4) is 11.8 Å². The van der Waals surface area contributed by atoms with Crippen molar-refractivity contribution in [2.24, 2.45) is 11.8 Å². The van der Waals surface area contributed by atoms with Gasteiger partial charge < -0.3 is 30.3 Å². The molecule has 0 radical (unpaired) electrons. The van der Waals surface area contributed by atoms with Crippen LogP contribution >= 0.6 is 0 Å². The van der Waals surface area contributed by atoms with Crippen molar-refractivity contribution in [1.29, 1.82) is 5.26 Å². The number of urea groups is 1. The highest BCUT2D eigenvalue weighted by Gasteiger charge is 2.45. The van der Waals surface area contributed by atoms with Gasteiger partial charge in [0, 0.05) is 44.5 Å². The maximum absolute atomic E-state index is 13.5. The van der Waals surface area contributed by atoms with Gasteiger partial charge in [-0.3, -0.25) is 0 Å². The Morgan fingerprint density at radius 1 is 1.16 bits per heavy atom. The van der Waals surface area contributed by atoms with E-state index < -0.39 is 23.8 Å². The molecule has 1 heterocycles. The molecular formula is C26H29F2N5O4. The summed E-state index contributed by atoms with van der Waals surface area (Å²) in [5.41, 5.74) is 0.694. The second-order valence-corrected chi connectivity index (χ2v) is 9.57. The molecule has 1 aliphatic carbocycles. The molecule has 1 saturated heterocycles. The first kappa shape index (κ1) is 26.2. The number of carbonyl (C=O) groups is 2. The van der Waals surface area contributed by atoms with Crippen molar-refractivity contribution in [3.63, 3.8) is 0 Å². The summed E-state index contributed by atoms with van der Waals surface area (Å²) in [6.45, 7) is 1.97. The van der Waals surface area contributed by atoms with Gasteiger partial charge in [-0.15, -0.1) is 0 Å². The third kappa shape index (κ3) is 6.46. The SMILES string of the molecule is CN(C(=O)Nc1ccc(F)c(F)c1)C1C2CCC1CN(C[C@@H](COc1ccc(C#N)cc1)NC(=O)O)C2. The van der Waals surface area contributed by atoms with E-state index in [4.69, 9.17) is 10.00 Å². The number of benzene rings is 2. The van der Waals surface area contributed by atoms with Crippen molar-refractivity contribution < 1.29 is 28.2 Å². The molecule has 2 unspecified atom stereocenters. The summed E-state index contributed by atoms with van der Waals surface area (Å²) in [6.07, 6.45) is 0.737. The third-order valence-corrected chi connectivity index (χ3v) is 7.04. The van der Waals surface area contributed by atoms with E-state index in [1.165, 1.54) is 6.07 Å². The van der Waals surface area contributed by atoms with Crippen LogP contribution in [0.1, 0.15) is 18.4 Å². The lowest BCUT2D eigenvalue weighted by molar-refractivity contribution is 0.0694. The summed E-state index contributed by atoms with van der Waals surface area (Å²) in [5, 5.41) is 23.4. The first-order chi connectivity index (χ1) is 17.7. The summed E-state index contributed by atoms with van der Waals surface area (Å²) >= 11 is 0. The summed E-state index contributed by atoms with van der Waals surface area (Å²) in [4.78, 5) is 28.1. The molecule has 2 aliphatic rings. The number of hydrogen-bond donors (Lipinski definition) is 3. The van der Waals surface area contributed by atoms with E-state index in [2.05, 4.69) is 15.5 Å². The number of nitrogens with zero attached hydrogens (tertiary/aromatic N) is 3. The largest absolute Gasteiger partial charge is 0.491 e. The summed E-state index contributed by atoms with van der Waals surface area (Å²) in [7, 11) is 1.71. The molecule has 3 amide bonds. The van der Waals surface area contributed by atoms with Gasteiger partial charge in [0.2, 0.25) is 0 Å². The van der Waals surface area contributed by atoms with Crippen LogP contribution in [0.2, 0.25) is 0 Å². The number of hydrogen-bond acceptors (Lipinski definition) is 5. The molecule has 196 valence electrons. The van der Waals surface area contributed by atoms with Crippen LogP contribution in [0, 0.1) is 34.8 Å². The molecule has 2 bridgehead atoms. The maximum Gasteiger partial charge on any atom is 0.405 e. The molecule has 0 aromatic heterocycles. The van der Waals surface area contributed by atoms with Crippen LogP contribution in [0.4, 0.5) is 24.1 Å². The molecule has 0 spiro atoms. The molecule has 4 rings (SSSR count). The lowest BCUT2D eigenvalue weighted by Gasteiger charge is -2.43. The van der Waals surface area contributed by atoms with Crippen LogP contribution in [0.15, 0.2) is 42.5 Å². The molecule has 2 aromatic rings. The highest BCUT2D eigenvalue weighted by molar-refractivity contribution is 5.89. The molecule has 11 heteroatoms. The fourth-order valence-corrected chi connectivity index (χ4v) is 5.44. The zero-order chi connectivity index (χ0) is 26.5. The number of anilines is 1. The first-order valence-corrected chi connectivity index (χ1v) is 12.1. The van der Waals surface area contributed by atoms with Crippen molar-refractivity contribution >= 4 is 17.8 Å². The number of nitrogens with one attached hydrogen (secondary N) is 2. The first-order valence-electron chi connectivity index (χ1n) is 12.1. The summed E-state index contributed by atoms with van der Waals surface area (Å²) in [5.74, 6) is -1.06. The van der Waals surface area contributed by atoms with Gasteiger partial charge in [-0.05, 0) is 61.1 Å². The molecular weight excluding hydrogens is 484 g/mol. The maximum atomic E-state index is 13.5. The Bertz CT molecular complexity index is 1160. The Morgan fingerprint density at radius 3 is 2.43 bits per heavy atom. The van der Waals surface area contributed by atoms with Gasteiger partial charge in [0.25, 0.3) is 0 Å². The number of nitriles is 1. The fourth-order valence-electron chi connectivity index (χ4n) is 5.44. The molecule has 1 saturated carbocycles. The van der Waals surface area contributed by atoms with E-state index in [1.807, 2.05) is 6.07 Å². The predicted molar refractivity (Wildman–Crippen MR) is 131 cm³/mol. The molecule has 3 N–H and O–H groups in total. The minimum atomic E-state index is -1.14. The Labute approximate surface area is 213 Å². The average Bonchev–Trinajstić information content (AvgIpc) is 3.14. The Morgan fingerprint density at radius 2 is 1.84 bits per heavy atom. The highest BCUT2D eigenvalue weighted by Crippen LogP contribution is 2.40. The standard InChI is InChI=1S/C26H29F2N5O4/c1-32(25(34)30-19-6-9-22(27)23(28)10-19)24-17-4-5-18(24)13-33(12-17)14-20(31-26(35)36)15-37-21-7-2-16(11-29)3-8-21/h2-3,6-10,17-18,20,24,31H,4-5,12-15H2,1H3,(H,30,34)(H,35,36)/t17?,18?,20-,24?/m0/s1. The van der Waals surface area contributed by atoms with Gasteiger partial charge in [-0.1, -0.05) is 0 Å². The third-order valence-electron chi connectivity index (χ3n) is 7.04. The lowest BCUT2D eigenvalue weighted by atomic mass is 9.91. The van der Waals surface area contributed by atoms with E-state index in [-0.39, 0.29) is 36.2 Å². The highest BCUT2D eigenvalue weighted by atomic mass is 19.2. The normalized spacial score (nSPS) is 21.5. The van der Waals surface area contributed by atoms with E-state index in [0.29, 0.717) is 30.9 Å². The summed E-state index contributed by atoms with van der Waals surface area (Å²) < 4.78 is 32.5. The molecule has 9 nitrogen and oxygen atoms in total. The van der Waals surface area contributed by atoms with Crippen molar-refractivity contribution in [1.82, 2.24) is 15.1 Å². The number of piperidine rings is 1. The number of fused-ring (bicyclic) bond motifs is 2. The Balaban J connectivity index is 1.34. The topological polar surface area (TPSA) is 118 Å². The average molecular weight is 514 g/mol. The smallest absolute Gasteiger partial charge is 0.405 e. The minimum absolute atomic E-state index is 0.0117. The van der Waals surface area contributed by atoms with Crippen LogP contribution in [0.25, 0.3) is 0 Å². The second kappa shape index (κ2) is 11.4. The molecule has 3 atom stereocenters. The van der Waals surface area contributed by atoms with Crippen LogP contribution in [0.3, 0.4) is 0 Å². The van der Waals surface area contributed by atoms with Crippen LogP contribution < -0.4 is 15.4 Å². The molecule has 37 heavy (non-hydrogen) atoms. The van der Waals surface area contributed by atoms with Crippen molar-refractivity contribution in [2.45, 2.75) is 24.9 Å². The number of ether oxygens (including phenoxy) is 1. The van der Waals surface area contributed by atoms with Crippen LogP contribution in [-0.4, -0.2) is 72.4 Å². The fraction of sp³-hybridized carbons (Fsp3) is 0.423. The second-order valence-electron chi connectivity index (χ2n) is 9.57. The number of carboxylic acid groups (broad SMARTS) is 1. The zero-order valence-corrected chi connectivity index (χ0v) is 20.4. The van der Waals surface area contributed by atoms with Gasteiger partial charge >= 0.3 is 12.1 Å². The van der Waals surface area contributed by atoms with E-state index in [1.54, 1.807) is 36.2 Å². The number of halogens is 2. The quantitative estimate of drug-likeness (QED) is 0.495. The molecule has 2 fully saturated rings. The predicted octanol–water partition coefficient (Wildman–Crippen LogP) is 3.73. The number of carbonyl (C=O) groups excluding carboxylic acids is 1. The van der Waals surface area contributed by atoms with Crippen molar-refractivity contribution in [3.05, 3.63) is 59.7 Å². The van der Waals surface area contributed by atoms with E-state index in [9.17, 15) is 23.5 Å². The van der Waals surface area contributed by atoms with E-state index in [0.717, 1.165) is 25.0 Å². The monoisotopic (exact) mass is 513 g/mol. The van der Waals surface area contributed by atoms with E-state index >= 15 is 0 Å².